The zero-order valence-electron chi connectivity index (χ0n) is 11.9. The fraction of sp³-hybridized carbons (Fsp3) is 0.250. The van der Waals surface area contributed by atoms with Crippen molar-refractivity contribution in [3.8, 4) is 11.8 Å². The van der Waals surface area contributed by atoms with Gasteiger partial charge >= 0.3 is 0 Å². The Morgan fingerprint density at radius 1 is 1.41 bits per heavy atom. The first-order valence-corrected chi connectivity index (χ1v) is 7.27. The number of hydrogen-bond donors (Lipinski definition) is 2. The summed E-state index contributed by atoms with van der Waals surface area (Å²) in [6.45, 7) is 0.491. The van der Waals surface area contributed by atoms with Crippen molar-refractivity contribution in [1.82, 2.24) is 4.98 Å². The molecule has 22 heavy (non-hydrogen) atoms. The number of aromatic amines is 1. The maximum absolute atomic E-state index is 12.0. The summed E-state index contributed by atoms with van der Waals surface area (Å²) < 4.78 is 5.90. The third-order valence-corrected chi connectivity index (χ3v) is 3.43. The number of nitrogens with two attached hydrogens (primary N) is 1. The maximum Gasteiger partial charge on any atom is 0.254 e. The van der Waals surface area contributed by atoms with Crippen molar-refractivity contribution in [1.29, 1.82) is 5.26 Å². The normalized spacial score (nSPS) is 11.7. The van der Waals surface area contributed by atoms with Crippen LogP contribution < -0.4 is 16.0 Å². The highest BCUT2D eigenvalue weighted by Crippen LogP contribution is 2.29. The largest absolute Gasteiger partial charge is 0.484 e. The standard InChI is InChI=1S/C16H16ClN3O2/c17-12-6-5-11(10-19)15(9-12)22-14(4-1-7-18)13-3-2-8-20-16(13)21/h2-3,5-6,8-9,14H,1,4,7,18H2,(H,20,21). The van der Waals surface area contributed by atoms with Crippen molar-refractivity contribution in [3.05, 3.63) is 63.0 Å². The molecule has 1 unspecified atom stereocenters. The van der Waals surface area contributed by atoms with Crippen molar-refractivity contribution in [3.63, 3.8) is 0 Å². The van der Waals surface area contributed by atoms with E-state index in [9.17, 15) is 4.79 Å². The molecule has 6 heteroatoms. The van der Waals surface area contributed by atoms with Gasteiger partial charge in [-0.3, -0.25) is 4.79 Å². The molecule has 1 heterocycles. The van der Waals surface area contributed by atoms with Crippen LogP contribution in [-0.4, -0.2) is 11.5 Å². The highest BCUT2D eigenvalue weighted by atomic mass is 35.5. The lowest BCUT2D eigenvalue weighted by atomic mass is 10.1. The van der Waals surface area contributed by atoms with E-state index in [0.717, 1.165) is 0 Å². The molecule has 3 N–H and O–H groups in total. The predicted molar refractivity (Wildman–Crippen MR) is 84.9 cm³/mol. The first-order valence-electron chi connectivity index (χ1n) is 6.89. The SMILES string of the molecule is N#Cc1ccc(Cl)cc1OC(CCCN)c1ccc[nH]c1=O. The number of nitrogens with one attached hydrogen (secondary N) is 1. The molecule has 1 aromatic carbocycles. The fourth-order valence-corrected chi connectivity index (χ4v) is 2.27. The smallest absolute Gasteiger partial charge is 0.254 e. The Labute approximate surface area is 133 Å². The first kappa shape index (κ1) is 16.1. The molecule has 0 saturated carbocycles. The number of aromatic nitrogens is 1. The number of nitriles is 1. The van der Waals surface area contributed by atoms with E-state index in [1.807, 2.05) is 0 Å². The van der Waals surface area contributed by atoms with Crippen LogP contribution in [0.1, 0.15) is 30.1 Å². The van der Waals surface area contributed by atoms with Crippen LogP contribution in [0.15, 0.2) is 41.3 Å². The molecule has 0 aliphatic rings. The summed E-state index contributed by atoms with van der Waals surface area (Å²) in [6.07, 6.45) is 2.34. The summed E-state index contributed by atoms with van der Waals surface area (Å²) in [4.78, 5) is 14.6. The van der Waals surface area contributed by atoms with E-state index in [0.29, 0.717) is 41.3 Å². The molecule has 0 radical (unpaired) electrons. The average molecular weight is 318 g/mol. The molecule has 0 bridgehead atoms. The van der Waals surface area contributed by atoms with Crippen LogP contribution in [0.3, 0.4) is 0 Å². The monoisotopic (exact) mass is 317 g/mol. The van der Waals surface area contributed by atoms with Gasteiger partial charge in [0.25, 0.3) is 5.56 Å². The van der Waals surface area contributed by atoms with Gasteiger partial charge in [-0.05, 0) is 43.7 Å². The van der Waals surface area contributed by atoms with Crippen molar-refractivity contribution < 1.29 is 4.74 Å². The van der Waals surface area contributed by atoms with Crippen molar-refractivity contribution >= 4 is 11.6 Å². The number of rotatable bonds is 6. The van der Waals surface area contributed by atoms with Crippen LogP contribution in [0.4, 0.5) is 0 Å². The summed E-state index contributed by atoms with van der Waals surface area (Å²) in [5, 5.41) is 9.63. The van der Waals surface area contributed by atoms with Gasteiger partial charge in [-0.15, -0.1) is 0 Å². The molecule has 2 aromatic rings. The Morgan fingerprint density at radius 2 is 2.23 bits per heavy atom. The van der Waals surface area contributed by atoms with Crippen LogP contribution in [0.25, 0.3) is 0 Å². The topological polar surface area (TPSA) is 91.9 Å². The lowest BCUT2D eigenvalue weighted by Gasteiger charge is -2.19. The second-order valence-electron chi connectivity index (χ2n) is 4.74. The molecular weight excluding hydrogens is 302 g/mol. The van der Waals surface area contributed by atoms with Gasteiger partial charge in [0.15, 0.2) is 0 Å². The number of benzene rings is 1. The van der Waals surface area contributed by atoms with Gasteiger partial charge in [0.2, 0.25) is 0 Å². The van der Waals surface area contributed by atoms with E-state index in [2.05, 4.69) is 11.1 Å². The van der Waals surface area contributed by atoms with Gasteiger partial charge in [-0.1, -0.05) is 11.6 Å². The quantitative estimate of drug-likeness (QED) is 0.856. The highest BCUT2D eigenvalue weighted by molar-refractivity contribution is 6.30. The lowest BCUT2D eigenvalue weighted by Crippen LogP contribution is -2.20. The molecule has 0 aliphatic heterocycles. The number of nitrogens with zero attached hydrogens (tertiary/aromatic N) is 1. The number of H-pyrrole nitrogens is 1. The Bertz CT molecular complexity index is 737. The van der Waals surface area contributed by atoms with Gasteiger partial charge in [-0.2, -0.15) is 5.26 Å². The third-order valence-electron chi connectivity index (χ3n) is 3.20. The van der Waals surface area contributed by atoms with E-state index < -0.39 is 6.10 Å². The summed E-state index contributed by atoms with van der Waals surface area (Å²) in [6, 6.07) is 10.3. The zero-order valence-corrected chi connectivity index (χ0v) is 12.6. The van der Waals surface area contributed by atoms with Gasteiger partial charge in [-0.25, -0.2) is 0 Å². The first-order chi connectivity index (χ1) is 10.7. The third kappa shape index (κ3) is 3.88. The Hall–Kier alpha value is -2.29. The van der Waals surface area contributed by atoms with Crippen molar-refractivity contribution in [2.75, 3.05) is 6.54 Å². The molecule has 0 fully saturated rings. The molecule has 0 amide bonds. The minimum Gasteiger partial charge on any atom is -0.484 e. The zero-order chi connectivity index (χ0) is 15.9. The van der Waals surface area contributed by atoms with Crippen LogP contribution in [0, 0.1) is 11.3 Å². The highest BCUT2D eigenvalue weighted by Gasteiger charge is 2.18. The molecule has 1 aromatic heterocycles. The van der Waals surface area contributed by atoms with Gasteiger partial charge in [0, 0.05) is 17.3 Å². The van der Waals surface area contributed by atoms with Crippen LogP contribution in [-0.2, 0) is 0 Å². The molecule has 114 valence electrons. The molecule has 0 spiro atoms. The number of halogens is 1. The van der Waals surface area contributed by atoms with E-state index in [-0.39, 0.29) is 5.56 Å². The van der Waals surface area contributed by atoms with Gasteiger partial charge < -0.3 is 15.5 Å². The lowest BCUT2D eigenvalue weighted by molar-refractivity contribution is 0.190. The maximum atomic E-state index is 12.0. The number of hydrogen-bond acceptors (Lipinski definition) is 4. The van der Waals surface area contributed by atoms with E-state index in [1.54, 1.807) is 36.5 Å². The van der Waals surface area contributed by atoms with E-state index in [1.165, 1.54) is 0 Å². The minimum absolute atomic E-state index is 0.218. The molecule has 1 atom stereocenters. The van der Waals surface area contributed by atoms with Crippen LogP contribution in [0.5, 0.6) is 5.75 Å². The Balaban J connectivity index is 2.36. The van der Waals surface area contributed by atoms with Crippen LogP contribution >= 0.6 is 11.6 Å². The summed E-state index contributed by atoms with van der Waals surface area (Å²) in [5.41, 5.74) is 6.20. The minimum atomic E-state index is -0.487. The number of pyridine rings is 1. The predicted octanol–water partition coefficient (Wildman–Crippen LogP) is 2.76. The second kappa shape index (κ2) is 7.64. The Morgan fingerprint density at radius 3 is 2.91 bits per heavy atom. The fourth-order valence-electron chi connectivity index (χ4n) is 2.11. The molecular formula is C16H16ClN3O2. The molecule has 2 rings (SSSR count). The summed E-state index contributed by atoms with van der Waals surface area (Å²) >= 11 is 5.96. The summed E-state index contributed by atoms with van der Waals surface area (Å²) in [7, 11) is 0. The van der Waals surface area contributed by atoms with Crippen molar-refractivity contribution in [2.24, 2.45) is 5.73 Å². The Kier molecular flexibility index (Phi) is 5.59. The molecule has 0 saturated heterocycles. The molecule has 0 aliphatic carbocycles. The average Bonchev–Trinajstić information content (AvgIpc) is 2.52. The molecule has 5 nitrogen and oxygen atoms in total. The summed E-state index contributed by atoms with van der Waals surface area (Å²) in [5.74, 6) is 0.361. The van der Waals surface area contributed by atoms with Crippen LogP contribution in [0.2, 0.25) is 5.02 Å². The van der Waals surface area contributed by atoms with E-state index >= 15 is 0 Å². The van der Waals surface area contributed by atoms with Gasteiger partial charge in [0.1, 0.15) is 17.9 Å². The van der Waals surface area contributed by atoms with Crippen molar-refractivity contribution in [2.45, 2.75) is 18.9 Å². The van der Waals surface area contributed by atoms with Gasteiger partial charge in [0.05, 0.1) is 11.1 Å². The number of ether oxygens (including phenoxy) is 1. The second-order valence-corrected chi connectivity index (χ2v) is 5.18. The van der Waals surface area contributed by atoms with E-state index in [4.69, 9.17) is 27.3 Å².